The highest BCUT2D eigenvalue weighted by Gasteiger charge is 2.30. The molecule has 0 fully saturated rings. The lowest BCUT2D eigenvalue weighted by Crippen LogP contribution is -2.33. The normalized spacial score (nSPS) is 16.3. The molecule has 86 valence electrons. The van der Waals surface area contributed by atoms with Gasteiger partial charge in [0, 0.05) is 14.2 Å². The van der Waals surface area contributed by atoms with E-state index in [1.807, 2.05) is 0 Å². The second-order valence-electron chi connectivity index (χ2n) is 3.19. The van der Waals surface area contributed by atoms with E-state index in [2.05, 4.69) is 10.1 Å². The molecule has 0 bridgehead atoms. The molecule has 2 atom stereocenters. The van der Waals surface area contributed by atoms with Gasteiger partial charge in [-0.05, 0) is 6.92 Å². The van der Waals surface area contributed by atoms with Crippen LogP contribution in [0.1, 0.15) is 18.9 Å². The summed E-state index contributed by atoms with van der Waals surface area (Å²) in [7, 11) is -0.602. The van der Waals surface area contributed by atoms with Gasteiger partial charge in [0.15, 0.2) is 5.82 Å². The van der Waals surface area contributed by atoms with Crippen LogP contribution in [-0.4, -0.2) is 35.5 Å². The Kier molecular flexibility index (Phi) is 3.42. The number of nitrogens with two attached hydrogens (primary N) is 1. The molecule has 1 aromatic heterocycles. The van der Waals surface area contributed by atoms with Crippen molar-refractivity contribution in [1.29, 1.82) is 0 Å². The maximum atomic E-state index is 11.2. The van der Waals surface area contributed by atoms with Crippen molar-refractivity contribution in [3.05, 3.63) is 12.2 Å². The van der Waals surface area contributed by atoms with Gasteiger partial charge in [0.25, 0.3) is 0 Å². The summed E-state index contributed by atoms with van der Waals surface area (Å²) in [5.74, 6) is 0.430. The van der Waals surface area contributed by atoms with Gasteiger partial charge in [0.2, 0.25) is 10.0 Å². The van der Waals surface area contributed by atoms with E-state index in [1.165, 1.54) is 25.0 Å². The van der Waals surface area contributed by atoms with Crippen LogP contribution in [0.25, 0.3) is 0 Å². The second-order valence-corrected chi connectivity index (χ2v) is 5.11. The summed E-state index contributed by atoms with van der Waals surface area (Å²) >= 11 is 0. The first-order valence-electron chi connectivity index (χ1n) is 4.26. The van der Waals surface area contributed by atoms with Crippen molar-refractivity contribution >= 4 is 10.0 Å². The SMILES string of the molecule is CO[C@@H](c1ncnn1C)[C@@H](C)S(N)(=O)=O. The molecule has 0 spiro atoms. The van der Waals surface area contributed by atoms with Crippen molar-refractivity contribution in [3.63, 3.8) is 0 Å². The molecule has 0 amide bonds. The average molecular weight is 234 g/mol. The topological polar surface area (TPSA) is 100 Å². The minimum absolute atomic E-state index is 0.430. The first-order valence-corrected chi connectivity index (χ1v) is 5.87. The molecule has 0 saturated carbocycles. The average Bonchev–Trinajstić information content (AvgIpc) is 2.52. The molecule has 2 N–H and O–H groups in total. The highest BCUT2D eigenvalue weighted by atomic mass is 32.2. The summed E-state index contributed by atoms with van der Waals surface area (Å²) in [6.45, 7) is 1.47. The molecule has 0 unspecified atom stereocenters. The number of rotatable bonds is 4. The fourth-order valence-electron chi connectivity index (χ4n) is 1.24. The summed E-state index contributed by atoms with van der Waals surface area (Å²) in [6.07, 6.45) is 0.615. The first kappa shape index (κ1) is 12.1. The molecule has 8 heteroatoms. The van der Waals surface area contributed by atoms with Crippen LogP contribution in [0.5, 0.6) is 0 Å². The van der Waals surface area contributed by atoms with E-state index in [1.54, 1.807) is 7.05 Å². The van der Waals surface area contributed by atoms with Crippen molar-refractivity contribution in [2.45, 2.75) is 18.3 Å². The van der Waals surface area contributed by atoms with Crippen LogP contribution in [0.3, 0.4) is 0 Å². The highest BCUT2D eigenvalue weighted by molar-refractivity contribution is 7.89. The Hall–Kier alpha value is -0.990. The Balaban J connectivity index is 3.06. The van der Waals surface area contributed by atoms with Crippen molar-refractivity contribution in [3.8, 4) is 0 Å². The monoisotopic (exact) mass is 234 g/mol. The summed E-state index contributed by atoms with van der Waals surface area (Å²) in [6, 6.07) is 0. The van der Waals surface area contributed by atoms with Gasteiger partial charge in [-0.2, -0.15) is 5.10 Å². The Labute approximate surface area is 88.3 Å². The smallest absolute Gasteiger partial charge is 0.214 e. The summed E-state index contributed by atoms with van der Waals surface area (Å²) in [5.41, 5.74) is 0. The molecule has 7 nitrogen and oxygen atoms in total. The Morgan fingerprint density at radius 3 is 2.53 bits per heavy atom. The minimum atomic E-state index is -3.66. The molecular weight excluding hydrogens is 220 g/mol. The molecule has 1 aromatic rings. The molecule has 0 aliphatic rings. The number of sulfonamides is 1. The van der Waals surface area contributed by atoms with Crippen LogP contribution in [0.4, 0.5) is 0 Å². The van der Waals surface area contributed by atoms with E-state index >= 15 is 0 Å². The van der Waals surface area contributed by atoms with Gasteiger partial charge in [0.1, 0.15) is 17.7 Å². The zero-order valence-electron chi connectivity index (χ0n) is 8.78. The standard InChI is InChI=1S/C7H14N4O3S/c1-5(15(8,12)13)6(14-3)7-9-4-10-11(7)2/h4-6H,1-3H3,(H2,8,12,13)/t5-,6-/m1/s1. The van der Waals surface area contributed by atoms with Gasteiger partial charge in [-0.3, -0.25) is 4.68 Å². The third-order valence-corrected chi connectivity index (χ3v) is 3.48. The molecular formula is C7H14N4O3S. The number of ether oxygens (including phenoxy) is 1. The first-order chi connectivity index (χ1) is 6.88. The van der Waals surface area contributed by atoms with Crippen LogP contribution in [0, 0.1) is 0 Å². The van der Waals surface area contributed by atoms with Gasteiger partial charge >= 0.3 is 0 Å². The van der Waals surface area contributed by atoms with Crippen LogP contribution in [0.2, 0.25) is 0 Å². The predicted octanol–water partition coefficient (Wildman–Crippen LogP) is -0.820. The summed E-state index contributed by atoms with van der Waals surface area (Å²) in [5, 5.41) is 8.02. The van der Waals surface area contributed by atoms with E-state index in [0.717, 1.165) is 0 Å². The van der Waals surface area contributed by atoms with E-state index in [4.69, 9.17) is 9.88 Å². The van der Waals surface area contributed by atoms with Crippen molar-refractivity contribution < 1.29 is 13.2 Å². The molecule has 0 radical (unpaired) electrons. The Morgan fingerprint density at radius 1 is 1.60 bits per heavy atom. The Bertz CT molecular complexity index is 427. The third kappa shape index (κ3) is 2.52. The largest absolute Gasteiger partial charge is 0.372 e. The number of hydrogen-bond donors (Lipinski definition) is 1. The molecule has 0 aliphatic heterocycles. The number of primary sulfonamides is 1. The lowest BCUT2D eigenvalue weighted by Gasteiger charge is -2.19. The van der Waals surface area contributed by atoms with Crippen molar-refractivity contribution in [1.82, 2.24) is 14.8 Å². The van der Waals surface area contributed by atoms with E-state index < -0.39 is 21.4 Å². The van der Waals surface area contributed by atoms with Crippen LogP contribution in [0.15, 0.2) is 6.33 Å². The zero-order valence-corrected chi connectivity index (χ0v) is 9.60. The fourth-order valence-corrected chi connectivity index (χ4v) is 1.82. The predicted molar refractivity (Wildman–Crippen MR) is 53.3 cm³/mol. The van der Waals surface area contributed by atoms with Crippen LogP contribution >= 0.6 is 0 Å². The third-order valence-electron chi connectivity index (χ3n) is 2.20. The van der Waals surface area contributed by atoms with Crippen molar-refractivity contribution in [2.24, 2.45) is 12.2 Å². The minimum Gasteiger partial charge on any atom is -0.372 e. The number of hydrogen-bond acceptors (Lipinski definition) is 5. The number of methoxy groups -OCH3 is 1. The quantitative estimate of drug-likeness (QED) is 0.733. The van der Waals surface area contributed by atoms with E-state index in [9.17, 15) is 8.42 Å². The number of nitrogens with zero attached hydrogens (tertiary/aromatic N) is 3. The molecule has 0 aliphatic carbocycles. The fraction of sp³-hybridized carbons (Fsp3) is 0.714. The summed E-state index contributed by atoms with van der Waals surface area (Å²) in [4.78, 5) is 3.93. The molecule has 0 aromatic carbocycles. The van der Waals surface area contributed by atoms with Gasteiger partial charge in [-0.1, -0.05) is 0 Å². The van der Waals surface area contributed by atoms with Crippen molar-refractivity contribution in [2.75, 3.05) is 7.11 Å². The van der Waals surface area contributed by atoms with E-state index in [0.29, 0.717) is 5.82 Å². The lowest BCUT2D eigenvalue weighted by molar-refractivity contribution is 0.0917. The van der Waals surface area contributed by atoms with Gasteiger partial charge in [0.05, 0.1) is 0 Å². The number of aryl methyl sites for hydroxylation is 1. The lowest BCUT2D eigenvalue weighted by atomic mass is 10.2. The molecule has 15 heavy (non-hydrogen) atoms. The Morgan fingerprint density at radius 2 is 2.20 bits per heavy atom. The summed E-state index contributed by atoms with van der Waals surface area (Å²) < 4.78 is 28.9. The maximum Gasteiger partial charge on any atom is 0.214 e. The molecule has 1 heterocycles. The highest BCUT2D eigenvalue weighted by Crippen LogP contribution is 2.21. The zero-order chi connectivity index (χ0) is 11.6. The second kappa shape index (κ2) is 4.25. The van der Waals surface area contributed by atoms with Crippen LogP contribution in [-0.2, 0) is 21.8 Å². The van der Waals surface area contributed by atoms with Gasteiger partial charge < -0.3 is 4.74 Å². The van der Waals surface area contributed by atoms with Crippen LogP contribution < -0.4 is 5.14 Å². The molecule has 0 saturated heterocycles. The maximum absolute atomic E-state index is 11.2. The number of aromatic nitrogens is 3. The molecule has 1 rings (SSSR count). The van der Waals surface area contributed by atoms with E-state index in [-0.39, 0.29) is 0 Å². The van der Waals surface area contributed by atoms with Gasteiger partial charge in [-0.15, -0.1) is 0 Å². The van der Waals surface area contributed by atoms with Gasteiger partial charge in [-0.25, -0.2) is 18.5 Å².